The molecule has 1 aliphatic heterocycles. The molecule has 0 aromatic carbocycles. The van der Waals surface area contributed by atoms with E-state index in [1.807, 2.05) is 13.8 Å². The Balaban J connectivity index is 2.16. The quantitative estimate of drug-likeness (QED) is 0.531. The zero-order chi connectivity index (χ0) is 20.0. The number of ether oxygens (including phenoxy) is 3. The van der Waals surface area contributed by atoms with Crippen LogP contribution in [0.4, 0.5) is 0 Å². The molecule has 27 heavy (non-hydrogen) atoms. The lowest BCUT2D eigenvalue weighted by atomic mass is 10.2. The van der Waals surface area contributed by atoms with Crippen LogP contribution in [0.15, 0.2) is 11.0 Å². The van der Waals surface area contributed by atoms with Crippen molar-refractivity contribution in [3.63, 3.8) is 0 Å². The molecule has 0 amide bonds. The summed E-state index contributed by atoms with van der Waals surface area (Å²) in [4.78, 5) is 37.9. The van der Waals surface area contributed by atoms with Gasteiger partial charge < -0.3 is 14.2 Å². The van der Waals surface area contributed by atoms with Gasteiger partial charge >= 0.3 is 11.9 Å². The van der Waals surface area contributed by atoms with Crippen LogP contribution < -0.4 is 5.56 Å². The summed E-state index contributed by atoms with van der Waals surface area (Å²) in [5.74, 6) is -0.641. The molecule has 0 saturated carbocycles. The number of esters is 2. The molecular formula is C18H26N2O6S. The van der Waals surface area contributed by atoms with Crippen molar-refractivity contribution in [2.24, 2.45) is 0 Å². The number of aryl methyl sites for hydroxylation is 1. The van der Waals surface area contributed by atoms with Gasteiger partial charge in [-0.25, -0.2) is 0 Å². The fraction of sp³-hybridized carbons (Fsp3) is 0.667. The van der Waals surface area contributed by atoms with Crippen LogP contribution in [-0.2, 0) is 23.8 Å². The third kappa shape index (κ3) is 5.74. The average molecular weight is 398 g/mol. The van der Waals surface area contributed by atoms with E-state index in [1.165, 1.54) is 0 Å². The molecule has 1 aromatic rings. The van der Waals surface area contributed by atoms with Crippen molar-refractivity contribution in [2.75, 3.05) is 6.61 Å². The van der Waals surface area contributed by atoms with E-state index >= 15 is 0 Å². The molecule has 9 heteroatoms. The van der Waals surface area contributed by atoms with E-state index in [0.717, 1.165) is 0 Å². The molecule has 3 atom stereocenters. The first-order valence-corrected chi connectivity index (χ1v) is 9.59. The van der Waals surface area contributed by atoms with Gasteiger partial charge in [-0.15, -0.1) is 0 Å². The smallest absolute Gasteiger partial charge is 0.306 e. The first kappa shape index (κ1) is 21.3. The lowest BCUT2D eigenvalue weighted by Crippen LogP contribution is -2.32. The second kappa shape index (κ2) is 9.80. The maximum absolute atomic E-state index is 11.9. The third-order valence-electron chi connectivity index (χ3n) is 4.24. The molecule has 1 N–H and O–H groups in total. The molecule has 0 radical (unpaired) electrons. The molecule has 0 bridgehead atoms. The van der Waals surface area contributed by atoms with Crippen LogP contribution in [0, 0.1) is 11.7 Å². The maximum atomic E-state index is 11.9. The zero-order valence-corrected chi connectivity index (χ0v) is 16.7. The lowest BCUT2D eigenvalue weighted by Gasteiger charge is -2.19. The maximum Gasteiger partial charge on any atom is 0.306 e. The first-order valence-electron chi connectivity index (χ1n) is 9.18. The highest BCUT2D eigenvalue weighted by Crippen LogP contribution is 2.31. The van der Waals surface area contributed by atoms with Gasteiger partial charge in [-0.1, -0.05) is 13.8 Å². The van der Waals surface area contributed by atoms with Crippen LogP contribution in [0.3, 0.4) is 0 Å². The molecule has 0 spiro atoms. The summed E-state index contributed by atoms with van der Waals surface area (Å²) in [5, 5.41) is 0. The summed E-state index contributed by atoms with van der Waals surface area (Å²) < 4.78 is 18.6. The Morgan fingerprint density at radius 3 is 2.63 bits per heavy atom. The molecule has 1 fully saturated rings. The summed E-state index contributed by atoms with van der Waals surface area (Å²) in [6, 6.07) is 0. The average Bonchev–Trinajstić information content (AvgIpc) is 2.99. The van der Waals surface area contributed by atoms with E-state index < -0.39 is 18.4 Å². The fourth-order valence-corrected chi connectivity index (χ4v) is 3.09. The topological polar surface area (TPSA) is 99.6 Å². The molecule has 2 rings (SSSR count). The number of carbonyl (C=O) groups excluding carboxylic acids is 2. The van der Waals surface area contributed by atoms with Gasteiger partial charge in [0.05, 0.1) is 0 Å². The molecule has 1 aromatic heterocycles. The lowest BCUT2D eigenvalue weighted by molar-refractivity contribution is -0.158. The largest absolute Gasteiger partial charge is 0.463 e. The summed E-state index contributed by atoms with van der Waals surface area (Å²) >= 11 is 5.22. The Morgan fingerprint density at radius 2 is 1.96 bits per heavy atom. The second-order valence-corrected chi connectivity index (χ2v) is 6.94. The highest BCUT2D eigenvalue weighted by molar-refractivity contribution is 7.71. The standard InChI is InChI=1S/C18H26N2O6S/c1-4-6-15(21)24-10-13-12(26-16(22)7-5-2)8-14(25-13)20-9-11(3)17(23)19-18(20)27/h9,12-14H,4-8,10H2,1-3H3,(H,19,23,27)/t12-,13+,14-/m0/s1. The van der Waals surface area contributed by atoms with Crippen LogP contribution in [0.5, 0.6) is 0 Å². The molecule has 150 valence electrons. The Hall–Kier alpha value is -2.00. The van der Waals surface area contributed by atoms with E-state index in [2.05, 4.69) is 4.98 Å². The third-order valence-corrected chi connectivity index (χ3v) is 4.55. The highest BCUT2D eigenvalue weighted by Gasteiger charge is 2.39. The number of aromatic amines is 1. The van der Waals surface area contributed by atoms with Crippen LogP contribution in [0.1, 0.15) is 57.7 Å². The van der Waals surface area contributed by atoms with Crippen molar-refractivity contribution in [1.82, 2.24) is 9.55 Å². The summed E-state index contributed by atoms with van der Waals surface area (Å²) in [7, 11) is 0. The summed E-state index contributed by atoms with van der Waals surface area (Å²) in [6.45, 7) is 5.44. The van der Waals surface area contributed by atoms with Gasteiger partial charge in [0.25, 0.3) is 5.56 Å². The van der Waals surface area contributed by atoms with E-state index in [9.17, 15) is 14.4 Å². The fourth-order valence-electron chi connectivity index (χ4n) is 2.83. The summed E-state index contributed by atoms with van der Waals surface area (Å²) in [6.07, 6.45) is 2.28. The summed E-state index contributed by atoms with van der Waals surface area (Å²) in [5.41, 5.74) is 0.231. The van der Waals surface area contributed by atoms with Gasteiger partial charge in [-0.05, 0) is 32.0 Å². The van der Waals surface area contributed by atoms with Crippen molar-refractivity contribution in [3.05, 3.63) is 26.9 Å². The number of hydrogen-bond acceptors (Lipinski definition) is 7. The molecule has 0 aliphatic carbocycles. The van der Waals surface area contributed by atoms with Gasteiger partial charge in [-0.2, -0.15) is 0 Å². The first-order chi connectivity index (χ1) is 12.8. The number of H-pyrrole nitrogens is 1. The van der Waals surface area contributed by atoms with Crippen molar-refractivity contribution in [3.8, 4) is 0 Å². The van der Waals surface area contributed by atoms with Gasteiger partial charge in [0.1, 0.15) is 25.0 Å². The number of rotatable bonds is 8. The van der Waals surface area contributed by atoms with Crippen molar-refractivity contribution in [1.29, 1.82) is 0 Å². The zero-order valence-electron chi connectivity index (χ0n) is 15.9. The van der Waals surface area contributed by atoms with E-state index in [1.54, 1.807) is 17.7 Å². The van der Waals surface area contributed by atoms with Crippen LogP contribution in [0.2, 0.25) is 0 Å². The molecule has 8 nitrogen and oxygen atoms in total. The Morgan fingerprint density at radius 1 is 1.30 bits per heavy atom. The number of carbonyl (C=O) groups is 2. The number of aromatic nitrogens is 2. The molecule has 0 unspecified atom stereocenters. The predicted molar refractivity (Wildman–Crippen MR) is 99.8 cm³/mol. The van der Waals surface area contributed by atoms with Crippen LogP contribution in [0.25, 0.3) is 0 Å². The van der Waals surface area contributed by atoms with Crippen LogP contribution >= 0.6 is 12.2 Å². The van der Waals surface area contributed by atoms with Gasteiger partial charge in [0.15, 0.2) is 4.77 Å². The van der Waals surface area contributed by atoms with Crippen molar-refractivity contribution in [2.45, 2.75) is 71.3 Å². The SMILES string of the molecule is CCCC(=O)OC[C@H]1O[C@H](n2cc(C)c(=O)[nH]c2=S)C[C@@H]1OC(=O)CCC. The number of hydrogen-bond donors (Lipinski definition) is 1. The van der Waals surface area contributed by atoms with E-state index in [4.69, 9.17) is 26.4 Å². The minimum absolute atomic E-state index is 0.00490. The number of nitrogens with zero attached hydrogens (tertiary/aromatic N) is 1. The van der Waals surface area contributed by atoms with Crippen LogP contribution in [-0.4, -0.2) is 40.3 Å². The normalized spacial score (nSPS) is 21.8. The Kier molecular flexibility index (Phi) is 7.73. The molecular weight excluding hydrogens is 372 g/mol. The molecule has 1 saturated heterocycles. The highest BCUT2D eigenvalue weighted by atomic mass is 32.1. The minimum Gasteiger partial charge on any atom is -0.463 e. The Labute approximate surface area is 162 Å². The van der Waals surface area contributed by atoms with Crippen molar-refractivity contribution >= 4 is 24.2 Å². The van der Waals surface area contributed by atoms with Gasteiger partial charge in [-0.3, -0.25) is 23.9 Å². The predicted octanol–water partition coefficient (Wildman–Crippen LogP) is 2.56. The van der Waals surface area contributed by atoms with E-state index in [0.29, 0.717) is 37.7 Å². The number of nitrogens with one attached hydrogen (secondary N) is 1. The van der Waals surface area contributed by atoms with E-state index in [-0.39, 0.29) is 28.9 Å². The van der Waals surface area contributed by atoms with Gasteiger partial charge in [0.2, 0.25) is 0 Å². The monoisotopic (exact) mass is 398 g/mol. The molecule has 2 heterocycles. The molecule has 1 aliphatic rings. The minimum atomic E-state index is -0.592. The van der Waals surface area contributed by atoms with Crippen molar-refractivity contribution < 1.29 is 23.8 Å². The Bertz CT molecular complexity index is 787. The second-order valence-electron chi connectivity index (χ2n) is 6.55. The van der Waals surface area contributed by atoms with Gasteiger partial charge in [0, 0.05) is 31.0 Å².